The molecule has 0 radical (unpaired) electrons. The first-order valence-electron chi connectivity index (χ1n) is 5.92. The van der Waals surface area contributed by atoms with Gasteiger partial charge in [-0.05, 0) is 30.7 Å². The minimum Gasteiger partial charge on any atom is -0.267 e. The fraction of sp³-hybridized carbons (Fsp3) is 0.0667. The molecule has 0 atom stereocenters. The highest BCUT2D eigenvalue weighted by Gasteiger charge is 2.09. The van der Waals surface area contributed by atoms with Gasteiger partial charge in [-0.25, -0.2) is 5.43 Å². The van der Waals surface area contributed by atoms with Crippen molar-refractivity contribution in [2.45, 2.75) is 6.92 Å². The van der Waals surface area contributed by atoms with Gasteiger partial charge in [0.15, 0.2) is 0 Å². The van der Waals surface area contributed by atoms with Crippen LogP contribution in [0.25, 0.3) is 0 Å². The molecule has 102 valence electrons. The fourth-order valence-corrected chi connectivity index (χ4v) is 2.11. The van der Waals surface area contributed by atoms with E-state index in [0.29, 0.717) is 15.6 Å². The lowest BCUT2D eigenvalue weighted by atomic mass is 10.1. The molecular formula is C15H12Cl2N2O. The van der Waals surface area contributed by atoms with E-state index < -0.39 is 0 Å². The highest BCUT2D eigenvalue weighted by atomic mass is 35.5. The Labute approximate surface area is 127 Å². The molecule has 20 heavy (non-hydrogen) atoms. The van der Waals surface area contributed by atoms with Gasteiger partial charge in [-0.3, -0.25) is 4.79 Å². The third kappa shape index (κ3) is 3.59. The number of nitrogens with zero attached hydrogens (tertiary/aromatic N) is 1. The number of nitrogens with one attached hydrogen (secondary N) is 1. The number of aryl methyl sites for hydroxylation is 1. The van der Waals surface area contributed by atoms with Crippen LogP contribution in [0.1, 0.15) is 21.5 Å². The normalized spacial score (nSPS) is 10.8. The minimum atomic E-state index is -0.363. The predicted octanol–water partition coefficient (Wildman–Crippen LogP) is 4.07. The molecule has 0 aliphatic carbocycles. The van der Waals surface area contributed by atoms with Crippen molar-refractivity contribution in [3.05, 3.63) is 69.2 Å². The Morgan fingerprint density at radius 3 is 2.60 bits per heavy atom. The van der Waals surface area contributed by atoms with Crippen LogP contribution in [-0.2, 0) is 0 Å². The monoisotopic (exact) mass is 306 g/mol. The van der Waals surface area contributed by atoms with Crippen molar-refractivity contribution in [2.75, 3.05) is 0 Å². The average Bonchev–Trinajstić information content (AvgIpc) is 2.40. The molecule has 0 heterocycles. The molecule has 0 aromatic heterocycles. The zero-order chi connectivity index (χ0) is 14.5. The van der Waals surface area contributed by atoms with Crippen LogP contribution in [0.4, 0.5) is 0 Å². The molecule has 3 nitrogen and oxygen atoms in total. The Bertz CT molecular complexity index is 669. The van der Waals surface area contributed by atoms with E-state index in [-0.39, 0.29) is 5.91 Å². The molecule has 0 saturated heterocycles. The molecule has 0 aliphatic heterocycles. The van der Waals surface area contributed by atoms with Crippen LogP contribution in [-0.4, -0.2) is 12.1 Å². The van der Waals surface area contributed by atoms with Gasteiger partial charge < -0.3 is 0 Å². The molecule has 5 heteroatoms. The van der Waals surface area contributed by atoms with Crippen molar-refractivity contribution in [2.24, 2.45) is 5.10 Å². The van der Waals surface area contributed by atoms with Crippen molar-refractivity contribution < 1.29 is 4.79 Å². The second-order valence-corrected chi connectivity index (χ2v) is 5.02. The summed E-state index contributed by atoms with van der Waals surface area (Å²) in [5.74, 6) is -0.363. The average molecular weight is 307 g/mol. The van der Waals surface area contributed by atoms with E-state index >= 15 is 0 Å². The Hall–Kier alpha value is -1.84. The number of halogens is 2. The lowest BCUT2D eigenvalue weighted by molar-refractivity contribution is 0.0955. The Balaban J connectivity index is 2.07. The molecule has 0 unspecified atom stereocenters. The summed E-state index contributed by atoms with van der Waals surface area (Å²) < 4.78 is 0. The predicted molar refractivity (Wildman–Crippen MR) is 82.7 cm³/mol. The van der Waals surface area contributed by atoms with E-state index in [4.69, 9.17) is 23.2 Å². The van der Waals surface area contributed by atoms with Gasteiger partial charge in [-0.1, -0.05) is 47.5 Å². The van der Waals surface area contributed by atoms with Gasteiger partial charge in [-0.2, -0.15) is 5.10 Å². The number of amides is 1. The van der Waals surface area contributed by atoms with E-state index in [1.165, 1.54) is 6.21 Å². The first-order valence-corrected chi connectivity index (χ1v) is 6.67. The number of benzene rings is 2. The first kappa shape index (κ1) is 14.6. The number of hydrogen-bond donors (Lipinski definition) is 1. The van der Waals surface area contributed by atoms with E-state index in [9.17, 15) is 4.79 Å². The molecule has 2 aromatic rings. The largest absolute Gasteiger partial charge is 0.272 e. The van der Waals surface area contributed by atoms with E-state index in [1.807, 2.05) is 25.1 Å². The molecular weight excluding hydrogens is 295 g/mol. The quantitative estimate of drug-likeness (QED) is 0.674. The van der Waals surface area contributed by atoms with Gasteiger partial charge >= 0.3 is 0 Å². The van der Waals surface area contributed by atoms with Crippen molar-refractivity contribution in [1.29, 1.82) is 0 Å². The van der Waals surface area contributed by atoms with Crippen LogP contribution in [0, 0.1) is 6.92 Å². The summed E-state index contributed by atoms with van der Waals surface area (Å²) in [6.45, 7) is 1.91. The van der Waals surface area contributed by atoms with Crippen LogP contribution in [0.15, 0.2) is 47.6 Å². The van der Waals surface area contributed by atoms with Crippen molar-refractivity contribution >= 4 is 35.3 Å². The summed E-state index contributed by atoms with van der Waals surface area (Å²) in [5, 5.41) is 4.84. The van der Waals surface area contributed by atoms with Gasteiger partial charge in [0.05, 0.1) is 16.8 Å². The standard InChI is InChI=1S/C15H12Cl2N2O/c1-10-6-7-12(14(17)8-10)15(20)19-18-9-11-4-2-3-5-13(11)16/h2-9H,1H3,(H,19,20). The van der Waals surface area contributed by atoms with Crippen LogP contribution < -0.4 is 5.43 Å². The van der Waals surface area contributed by atoms with Gasteiger partial charge in [0.2, 0.25) is 0 Å². The molecule has 1 N–H and O–H groups in total. The van der Waals surface area contributed by atoms with Crippen LogP contribution in [0.2, 0.25) is 10.0 Å². The number of rotatable bonds is 3. The second kappa shape index (κ2) is 6.55. The van der Waals surface area contributed by atoms with Crippen LogP contribution >= 0.6 is 23.2 Å². The van der Waals surface area contributed by atoms with Crippen LogP contribution in [0.3, 0.4) is 0 Å². The van der Waals surface area contributed by atoms with Crippen molar-refractivity contribution in [1.82, 2.24) is 5.43 Å². The molecule has 1 amide bonds. The van der Waals surface area contributed by atoms with Crippen molar-refractivity contribution in [3.63, 3.8) is 0 Å². The summed E-state index contributed by atoms with van der Waals surface area (Å²) in [6.07, 6.45) is 1.49. The lowest BCUT2D eigenvalue weighted by Crippen LogP contribution is -2.18. The Kier molecular flexibility index (Phi) is 4.77. The third-order valence-electron chi connectivity index (χ3n) is 2.64. The lowest BCUT2D eigenvalue weighted by Gasteiger charge is -2.03. The number of carbonyl (C=O) groups excluding carboxylic acids is 1. The fourth-order valence-electron chi connectivity index (χ4n) is 1.60. The maximum atomic E-state index is 11.9. The summed E-state index contributed by atoms with van der Waals surface area (Å²) in [7, 11) is 0. The smallest absolute Gasteiger partial charge is 0.267 e. The maximum absolute atomic E-state index is 11.9. The molecule has 0 fully saturated rings. The minimum absolute atomic E-state index is 0.363. The second-order valence-electron chi connectivity index (χ2n) is 4.20. The summed E-state index contributed by atoms with van der Waals surface area (Å²) in [6, 6.07) is 12.4. The molecule has 0 spiro atoms. The van der Waals surface area contributed by atoms with Crippen molar-refractivity contribution in [3.8, 4) is 0 Å². The van der Waals surface area contributed by atoms with E-state index in [0.717, 1.165) is 11.1 Å². The number of carbonyl (C=O) groups is 1. The van der Waals surface area contributed by atoms with Gasteiger partial charge in [-0.15, -0.1) is 0 Å². The molecule has 2 rings (SSSR count). The number of hydrogen-bond acceptors (Lipinski definition) is 2. The van der Waals surface area contributed by atoms with Crippen LogP contribution in [0.5, 0.6) is 0 Å². The maximum Gasteiger partial charge on any atom is 0.272 e. The highest BCUT2D eigenvalue weighted by Crippen LogP contribution is 2.17. The SMILES string of the molecule is Cc1ccc(C(=O)NN=Cc2ccccc2Cl)c(Cl)c1. The Morgan fingerprint density at radius 2 is 1.90 bits per heavy atom. The molecule has 0 bridgehead atoms. The molecule has 0 aliphatic rings. The van der Waals surface area contributed by atoms with Gasteiger partial charge in [0.25, 0.3) is 5.91 Å². The van der Waals surface area contributed by atoms with Gasteiger partial charge in [0.1, 0.15) is 0 Å². The summed E-state index contributed by atoms with van der Waals surface area (Å²) in [5.41, 5.74) is 4.52. The number of hydrazone groups is 1. The van der Waals surface area contributed by atoms with E-state index in [2.05, 4.69) is 10.5 Å². The third-order valence-corrected chi connectivity index (χ3v) is 3.30. The van der Waals surface area contributed by atoms with Gasteiger partial charge in [0, 0.05) is 10.6 Å². The molecule has 2 aromatic carbocycles. The zero-order valence-corrected chi connectivity index (χ0v) is 12.2. The zero-order valence-electron chi connectivity index (χ0n) is 10.7. The highest BCUT2D eigenvalue weighted by molar-refractivity contribution is 6.34. The summed E-state index contributed by atoms with van der Waals surface area (Å²) in [4.78, 5) is 11.9. The Morgan fingerprint density at radius 1 is 1.15 bits per heavy atom. The summed E-state index contributed by atoms with van der Waals surface area (Å²) >= 11 is 12.0. The topological polar surface area (TPSA) is 41.5 Å². The first-order chi connectivity index (χ1) is 9.58. The van der Waals surface area contributed by atoms with E-state index in [1.54, 1.807) is 24.3 Å². The molecule has 0 saturated carbocycles.